The second-order valence-electron chi connectivity index (χ2n) is 7.23. The van der Waals surface area contributed by atoms with E-state index in [0.29, 0.717) is 0 Å². The van der Waals surface area contributed by atoms with E-state index in [1.807, 2.05) is 37.3 Å². The average Bonchev–Trinajstić information content (AvgIpc) is 2.73. The van der Waals surface area contributed by atoms with Gasteiger partial charge in [0.1, 0.15) is 4.90 Å². The molecule has 0 aliphatic rings. The number of carbonyl (C=O) groups excluding carboxylic acids is 2. The van der Waals surface area contributed by atoms with Crippen LogP contribution in [-0.2, 0) is 19.7 Å². The second-order valence-corrected chi connectivity index (χ2v) is 9.06. The summed E-state index contributed by atoms with van der Waals surface area (Å²) in [6.07, 6.45) is 1.42. The molecule has 0 radical (unpaired) electrons. The van der Waals surface area contributed by atoms with Gasteiger partial charge in [0.2, 0.25) is 11.8 Å². The van der Waals surface area contributed by atoms with Gasteiger partial charge in [-0.2, -0.15) is 8.42 Å². The smallest absolute Gasteiger partial charge is 0.298 e. The molecule has 2 amide bonds. The van der Waals surface area contributed by atoms with Gasteiger partial charge in [0, 0.05) is 11.4 Å². The molecule has 0 aliphatic carbocycles. The number of benzene rings is 2. The molecule has 9 nitrogen and oxygen atoms in total. The van der Waals surface area contributed by atoms with E-state index in [1.54, 1.807) is 0 Å². The van der Waals surface area contributed by atoms with Gasteiger partial charge >= 0.3 is 0 Å². The van der Waals surface area contributed by atoms with Crippen LogP contribution in [0.4, 0.5) is 5.69 Å². The second kappa shape index (κ2) is 11.3. The molecule has 2 rings (SSSR count). The number of halogens is 1. The summed E-state index contributed by atoms with van der Waals surface area (Å²) in [4.78, 5) is 23.9. The Morgan fingerprint density at radius 2 is 1.81 bits per heavy atom. The fourth-order valence-corrected chi connectivity index (χ4v) is 3.98. The van der Waals surface area contributed by atoms with Gasteiger partial charge in [0.05, 0.1) is 17.8 Å². The van der Waals surface area contributed by atoms with Crippen LogP contribution >= 0.6 is 11.6 Å². The molecule has 0 saturated carbocycles. The van der Waals surface area contributed by atoms with Gasteiger partial charge < -0.3 is 21.5 Å². The van der Waals surface area contributed by atoms with Crippen LogP contribution in [0.3, 0.4) is 0 Å². The molecular formula is C21H26ClN3O6S. The molecule has 0 spiro atoms. The minimum absolute atomic E-state index is 0.0117. The lowest BCUT2D eigenvalue weighted by Gasteiger charge is -2.21. The molecule has 0 aromatic heterocycles. The van der Waals surface area contributed by atoms with E-state index in [4.69, 9.17) is 21.9 Å². The first kappa shape index (κ1) is 25.6. The van der Waals surface area contributed by atoms with Crippen molar-refractivity contribution in [3.05, 3.63) is 53.1 Å². The van der Waals surface area contributed by atoms with Crippen LogP contribution in [0.15, 0.2) is 47.4 Å². The van der Waals surface area contributed by atoms with E-state index < -0.39 is 38.6 Å². The number of amides is 2. The van der Waals surface area contributed by atoms with Crippen LogP contribution in [0, 0.1) is 0 Å². The normalized spacial score (nSPS) is 13.2. The quantitative estimate of drug-likeness (QED) is 0.256. The molecule has 2 aromatic carbocycles. The first-order valence-electron chi connectivity index (χ1n) is 9.93. The van der Waals surface area contributed by atoms with Crippen molar-refractivity contribution in [1.82, 2.24) is 5.32 Å². The van der Waals surface area contributed by atoms with E-state index in [2.05, 4.69) is 10.6 Å². The minimum atomic E-state index is -4.75. The van der Waals surface area contributed by atoms with Crippen molar-refractivity contribution in [3.8, 4) is 5.75 Å². The summed E-state index contributed by atoms with van der Waals surface area (Å²) in [5.41, 5.74) is 6.61. The molecular weight excluding hydrogens is 458 g/mol. The first-order valence-corrected chi connectivity index (χ1v) is 11.8. The van der Waals surface area contributed by atoms with E-state index in [0.717, 1.165) is 30.5 Å². The number of nitrogens with one attached hydrogen (secondary N) is 2. The summed E-state index contributed by atoms with van der Waals surface area (Å²) in [6.45, 7) is 2.01. The van der Waals surface area contributed by atoms with Crippen molar-refractivity contribution in [2.45, 2.75) is 49.6 Å². The third-order valence-corrected chi connectivity index (χ3v) is 5.79. The summed E-state index contributed by atoms with van der Waals surface area (Å²) in [5, 5.41) is 15.1. The molecule has 6 N–H and O–H groups in total. The zero-order valence-electron chi connectivity index (χ0n) is 17.4. The number of hydrogen-bond donors (Lipinski definition) is 5. The predicted octanol–water partition coefficient (Wildman–Crippen LogP) is 3.00. The maximum absolute atomic E-state index is 12.5. The number of rotatable bonds is 10. The summed E-state index contributed by atoms with van der Waals surface area (Å²) in [5.74, 6) is -1.88. The summed E-state index contributed by atoms with van der Waals surface area (Å²) < 4.78 is 31.8. The summed E-state index contributed by atoms with van der Waals surface area (Å²) >= 11 is 5.79. The first-order chi connectivity index (χ1) is 15.0. The van der Waals surface area contributed by atoms with E-state index in [-0.39, 0.29) is 29.6 Å². The Morgan fingerprint density at radius 3 is 2.41 bits per heavy atom. The Balaban J connectivity index is 1.98. The maximum atomic E-state index is 12.5. The monoisotopic (exact) mass is 483 g/mol. The van der Waals surface area contributed by atoms with Crippen LogP contribution in [0.5, 0.6) is 5.75 Å². The maximum Gasteiger partial charge on any atom is 0.298 e. The largest absolute Gasteiger partial charge is 0.504 e. The van der Waals surface area contributed by atoms with Crippen molar-refractivity contribution in [3.63, 3.8) is 0 Å². The molecule has 2 aromatic rings. The van der Waals surface area contributed by atoms with E-state index >= 15 is 0 Å². The van der Waals surface area contributed by atoms with Crippen molar-refractivity contribution in [2.24, 2.45) is 5.73 Å². The Bertz CT molecular complexity index is 1060. The number of aromatic hydroxyl groups is 1. The van der Waals surface area contributed by atoms with Crippen LogP contribution < -0.4 is 16.4 Å². The molecule has 11 heteroatoms. The highest BCUT2D eigenvalue weighted by atomic mass is 35.5. The molecule has 0 saturated heterocycles. The predicted molar refractivity (Wildman–Crippen MR) is 121 cm³/mol. The van der Waals surface area contributed by atoms with Gasteiger partial charge in [-0.1, -0.05) is 55.3 Å². The zero-order valence-corrected chi connectivity index (χ0v) is 19.0. The highest BCUT2D eigenvalue weighted by Gasteiger charge is 2.22. The summed E-state index contributed by atoms with van der Waals surface area (Å²) in [7, 11) is -4.75. The molecule has 2 atom stereocenters. The number of carbonyl (C=O) groups is 2. The Morgan fingerprint density at radius 1 is 1.16 bits per heavy atom. The number of phenolic OH excluding ortho intramolecular Hbond substituents is 1. The highest BCUT2D eigenvalue weighted by Crippen LogP contribution is 2.34. The van der Waals surface area contributed by atoms with Crippen LogP contribution in [0.25, 0.3) is 0 Å². The van der Waals surface area contributed by atoms with Crippen LogP contribution in [-0.4, -0.2) is 35.9 Å². The van der Waals surface area contributed by atoms with Gasteiger partial charge in [-0.05, 0) is 30.5 Å². The molecule has 0 aliphatic heterocycles. The molecule has 0 unspecified atom stereocenters. The Kier molecular flexibility index (Phi) is 9.02. The molecule has 0 bridgehead atoms. The molecule has 174 valence electrons. The topological polar surface area (TPSA) is 159 Å². The van der Waals surface area contributed by atoms with Gasteiger partial charge in [0.15, 0.2) is 5.75 Å². The van der Waals surface area contributed by atoms with Crippen molar-refractivity contribution in [2.75, 3.05) is 5.32 Å². The van der Waals surface area contributed by atoms with Gasteiger partial charge in [-0.3, -0.25) is 14.1 Å². The Hall–Kier alpha value is -2.66. The van der Waals surface area contributed by atoms with Gasteiger partial charge in [-0.25, -0.2) is 0 Å². The van der Waals surface area contributed by atoms with E-state index in [9.17, 15) is 23.1 Å². The van der Waals surface area contributed by atoms with Crippen molar-refractivity contribution in [1.29, 1.82) is 0 Å². The Labute approximate surface area is 191 Å². The third kappa shape index (κ3) is 7.20. The highest BCUT2D eigenvalue weighted by molar-refractivity contribution is 7.86. The lowest BCUT2D eigenvalue weighted by molar-refractivity contribution is -0.123. The third-order valence-electron chi connectivity index (χ3n) is 4.71. The average molecular weight is 484 g/mol. The van der Waals surface area contributed by atoms with Gasteiger partial charge in [-0.15, -0.1) is 0 Å². The molecule has 32 heavy (non-hydrogen) atoms. The van der Waals surface area contributed by atoms with Crippen LogP contribution in [0.2, 0.25) is 5.02 Å². The standard InChI is InChI=1S/C21H26ClN3O6S/c1-2-6-16(13-7-4-3-5-8-13)25-21(28)15(23)9-10-19(26)24-17-11-14(22)12-18(20(17)27)32(29,30)31/h3-5,7-8,11-12,15-16,27H,2,6,9-10,23H2,1H3,(H,24,26)(H,25,28)(H,29,30,31)/t15-,16-/m0/s1. The fourth-order valence-electron chi connectivity index (χ4n) is 3.07. The van der Waals surface area contributed by atoms with Crippen LogP contribution in [0.1, 0.15) is 44.2 Å². The molecule has 0 fully saturated rings. The summed E-state index contributed by atoms with van der Waals surface area (Å²) in [6, 6.07) is 10.3. The lowest BCUT2D eigenvalue weighted by atomic mass is 10.0. The lowest BCUT2D eigenvalue weighted by Crippen LogP contribution is -2.42. The number of phenols is 1. The van der Waals surface area contributed by atoms with Crippen molar-refractivity contribution < 1.29 is 27.7 Å². The minimum Gasteiger partial charge on any atom is -0.504 e. The SMILES string of the molecule is CCC[C@H](NC(=O)[C@@H](N)CCC(=O)Nc1cc(Cl)cc(S(=O)(=O)O)c1O)c1ccccc1. The molecule has 0 heterocycles. The number of anilines is 1. The fraction of sp³-hybridized carbons (Fsp3) is 0.333. The van der Waals surface area contributed by atoms with Gasteiger partial charge in [0.25, 0.3) is 10.1 Å². The van der Waals surface area contributed by atoms with Crippen molar-refractivity contribution >= 4 is 39.2 Å². The van der Waals surface area contributed by atoms with E-state index in [1.165, 1.54) is 0 Å². The number of nitrogens with two attached hydrogens (primary N) is 1. The number of hydrogen-bond acceptors (Lipinski definition) is 6. The zero-order chi connectivity index (χ0) is 23.9.